The van der Waals surface area contributed by atoms with E-state index in [-0.39, 0.29) is 5.91 Å². The number of amides is 1. The van der Waals surface area contributed by atoms with Crippen molar-refractivity contribution in [1.29, 1.82) is 0 Å². The molecule has 7 heteroatoms. The van der Waals surface area contributed by atoms with Crippen molar-refractivity contribution < 1.29 is 9.53 Å². The number of fused-ring (bicyclic) bond motifs is 3. The number of morpholine rings is 1. The van der Waals surface area contributed by atoms with Gasteiger partial charge in [0.05, 0.1) is 31.1 Å². The van der Waals surface area contributed by atoms with E-state index in [2.05, 4.69) is 55.4 Å². The number of ether oxygens (including phenoxy) is 1. The van der Waals surface area contributed by atoms with Crippen LogP contribution in [0.1, 0.15) is 16.7 Å². The smallest absolute Gasteiger partial charge is 0.234 e. The second-order valence-corrected chi connectivity index (χ2v) is 8.05. The second-order valence-electron chi connectivity index (χ2n) is 7.27. The summed E-state index contributed by atoms with van der Waals surface area (Å²) in [7, 11) is 0. The standard InChI is InChI=1S/C21H22N4O2S/c26-19(12-25-4-6-27-7-5-25)22-11-14-1-2-17-16(9-14)10-18-20(23-24-21(17)18)15-3-8-28-13-15/h1-3,8-9,13H,4-7,10-12H2,(H,22,26)(H,23,24). The Morgan fingerprint density at radius 1 is 1.29 bits per heavy atom. The molecule has 28 heavy (non-hydrogen) atoms. The van der Waals surface area contributed by atoms with E-state index in [0.29, 0.717) is 26.3 Å². The Balaban J connectivity index is 1.25. The van der Waals surface area contributed by atoms with E-state index in [1.54, 1.807) is 11.3 Å². The number of H-pyrrole nitrogens is 1. The van der Waals surface area contributed by atoms with Crippen LogP contribution in [0.3, 0.4) is 0 Å². The Labute approximate surface area is 167 Å². The quantitative estimate of drug-likeness (QED) is 0.546. The fraction of sp³-hybridized carbons (Fsp3) is 0.333. The average Bonchev–Trinajstić information content (AvgIpc) is 3.43. The molecule has 3 heterocycles. The third-order valence-corrected chi connectivity index (χ3v) is 6.11. The van der Waals surface area contributed by atoms with E-state index in [9.17, 15) is 4.79 Å². The third-order valence-electron chi connectivity index (χ3n) is 5.43. The van der Waals surface area contributed by atoms with Gasteiger partial charge >= 0.3 is 0 Å². The summed E-state index contributed by atoms with van der Waals surface area (Å²) in [5, 5.41) is 15.0. The molecule has 1 aromatic carbocycles. The van der Waals surface area contributed by atoms with E-state index in [1.165, 1.54) is 22.3 Å². The molecule has 1 amide bonds. The molecule has 2 aromatic heterocycles. The summed E-state index contributed by atoms with van der Waals surface area (Å²) in [4.78, 5) is 14.4. The number of rotatable bonds is 5. The van der Waals surface area contributed by atoms with Crippen molar-refractivity contribution in [3.8, 4) is 22.5 Å². The Hall–Kier alpha value is -2.48. The molecule has 3 aromatic rings. The van der Waals surface area contributed by atoms with E-state index in [4.69, 9.17) is 4.74 Å². The molecule has 0 bridgehead atoms. The van der Waals surface area contributed by atoms with Crippen molar-refractivity contribution in [2.24, 2.45) is 0 Å². The van der Waals surface area contributed by atoms with Crippen molar-refractivity contribution in [1.82, 2.24) is 20.4 Å². The summed E-state index contributed by atoms with van der Waals surface area (Å²) in [5.74, 6) is 0.0663. The molecule has 0 atom stereocenters. The highest BCUT2D eigenvalue weighted by Gasteiger charge is 2.25. The van der Waals surface area contributed by atoms with Crippen LogP contribution in [0.4, 0.5) is 0 Å². The lowest BCUT2D eigenvalue weighted by molar-refractivity contribution is -0.123. The number of hydrogen-bond donors (Lipinski definition) is 2. The molecule has 2 N–H and O–H groups in total. The summed E-state index contributed by atoms with van der Waals surface area (Å²) in [6.07, 6.45) is 0.877. The summed E-state index contributed by atoms with van der Waals surface area (Å²) in [5.41, 5.74) is 8.25. The summed E-state index contributed by atoms with van der Waals surface area (Å²) in [6.45, 7) is 4.06. The maximum atomic E-state index is 12.2. The number of benzene rings is 1. The lowest BCUT2D eigenvalue weighted by atomic mass is 10.1. The average molecular weight is 395 g/mol. The predicted molar refractivity (Wildman–Crippen MR) is 109 cm³/mol. The molecule has 1 aliphatic heterocycles. The fourth-order valence-corrected chi connectivity index (χ4v) is 4.60. The Kier molecular flexibility index (Phi) is 4.72. The third kappa shape index (κ3) is 3.37. The van der Waals surface area contributed by atoms with Gasteiger partial charge < -0.3 is 10.1 Å². The lowest BCUT2D eigenvalue weighted by Gasteiger charge is -2.25. The van der Waals surface area contributed by atoms with E-state index in [1.807, 2.05) is 0 Å². The van der Waals surface area contributed by atoms with Crippen molar-refractivity contribution >= 4 is 17.2 Å². The Morgan fingerprint density at radius 3 is 3.00 bits per heavy atom. The molecule has 0 radical (unpaired) electrons. The van der Waals surface area contributed by atoms with Gasteiger partial charge in [-0.15, -0.1) is 0 Å². The maximum Gasteiger partial charge on any atom is 0.234 e. The molecular formula is C21H22N4O2S. The van der Waals surface area contributed by atoms with Crippen molar-refractivity contribution in [2.75, 3.05) is 32.8 Å². The minimum atomic E-state index is 0.0663. The molecule has 0 saturated carbocycles. The monoisotopic (exact) mass is 394 g/mol. The summed E-state index contributed by atoms with van der Waals surface area (Å²) in [6, 6.07) is 8.55. The highest BCUT2D eigenvalue weighted by molar-refractivity contribution is 7.08. The van der Waals surface area contributed by atoms with Crippen LogP contribution in [0.15, 0.2) is 35.0 Å². The summed E-state index contributed by atoms with van der Waals surface area (Å²) < 4.78 is 5.33. The molecular weight excluding hydrogens is 372 g/mol. The van der Waals surface area contributed by atoms with Crippen LogP contribution in [-0.2, 0) is 22.5 Å². The molecule has 0 spiro atoms. The molecule has 5 rings (SSSR count). The normalized spacial score (nSPS) is 16.0. The minimum absolute atomic E-state index is 0.0663. The van der Waals surface area contributed by atoms with E-state index < -0.39 is 0 Å². The van der Waals surface area contributed by atoms with Crippen LogP contribution in [0, 0.1) is 0 Å². The SMILES string of the molecule is O=C(CN1CCOCC1)NCc1ccc2c(c1)Cc1c(-c3ccsc3)n[nH]c1-2. The molecule has 1 saturated heterocycles. The Morgan fingerprint density at radius 2 is 2.18 bits per heavy atom. The number of carbonyl (C=O) groups excluding carboxylic acids is 1. The number of aromatic nitrogens is 2. The molecule has 2 aliphatic rings. The van der Waals surface area contributed by atoms with Gasteiger partial charge in [0.1, 0.15) is 0 Å². The van der Waals surface area contributed by atoms with Gasteiger partial charge in [0.25, 0.3) is 0 Å². The lowest BCUT2D eigenvalue weighted by Crippen LogP contribution is -2.43. The first-order valence-electron chi connectivity index (χ1n) is 9.57. The first kappa shape index (κ1) is 17.6. The Bertz CT molecular complexity index is 990. The zero-order valence-corrected chi connectivity index (χ0v) is 16.3. The zero-order valence-electron chi connectivity index (χ0n) is 15.5. The topological polar surface area (TPSA) is 70.2 Å². The predicted octanol–water partition coefficient (Wildman–Crippen LogP) is 2.66. The molecule has 1 aliphatic carbocycles. The highest BCUT2D eigenvalue weighted by Crippen LogP contribution is 2.40. The van der Waals surface area contributed by atoms with Gasteiger partial charge in [0.15, 0.2) is 0 Å². The zero-order chi connectivity index (χ0) is 18.9. The number of nitrogens with zero attached hydrogens (tertiary/aromatic N) is 2. The van der Waals surface area contributed by atoms with Crippen LogP contribution in [0.25, 0.3) is 22.5 Å². The first-order valence-corrected chi connectivity index (χ1v) is 10.5. The number of hydrogen-bond acceptors (Lipinski definition) is 5. The van der Waals surface area contributed by atoms with Gasteiger partial charge in [-0.25, -0.2) is 0 Å². The van der Waals surface area contributed by atoms with E-state index in [0.717, 1.165) is 36.5 Å². The number of nitrogens with one attached hydrogen (secondary N) is 2. The number of carbonyl (C=O) groups is 1. The van der Waals surface area contributed by atoms with E-state index >= 15 is 0 Å². The maximum absolute atomic E-state index is 12.2. The van der Waals surface area contributed by atoms with Crippen LogP contribution in [0.2, 0.25) is 0 Å². The summed E-state index contributed by atoms with van der Waals surface area (Å²) >= 11 is 1.69. The van der Waals surface area contributed by atoms with Crippen molar-refractivity contribution in [3.63, 3.8) is 0 Å². The van der Waals surface area contributed by atoms with Gasteiger partial charge in [0.2, 0.25) is 5.91 Å². The van der Waals surface area contributed by atoms with Crippen LogP contribution >= 0.6 is 11.3 Å². The van der Waals surface area contributed by atoms with Crippen molar-refractivity contribution in [3.05, 3.63) is 51.7 Å². The van der Waals surface area contributed by atoms with Gasteiger partial charge in [-0.2, -0.15) is 16.4 Å². The second kappa shape index (κ2) is 7.50. The number of aromatic amines is 1. The van der Waals surface area contributed by atoms with Crippen LogP contribution in [0.5, 0.6) is 0 Å². The molecule has 1 fully saturated rings. The van der Waals surface area contributed by atoms with Gasteiger partial charge in [-0.3, -0.25) is 14.8 Å². The van der Waals surface area contributed by atoms with Gasteiger partial charge in [0, 0.05) is 48.1 Å². The largest absolute Gasteiger partial charge is 0.379 e. The minimum Gasteiger partial charge on any atom is -0.379 e. The van der Waals surface area contributed by atoms with Crippen LogP contribution in [-0.4, -0.2) is 53.9 Å². The van der Waals surface area contributed by atoms with Gasteiger partial charge in [-0.05, 0) is 22.6 Å². The van der Waals surface area contributed by atoms with Crippen molar-refractivity contribution in [2.45, 2.75) is 13.0 Å². The molecule has 144 valence electrons. The molecule has 0 unspecified atom stereocenters. The van der Waals surface area contributed by atoms with Crippen LogP contribution < -0.4 is 5.32 Å². The highest BCUT2D eigenvalue weighted by atomic mass is 32.1. The van der Waals surface area contributed by atoms with Gasteiger partial charge in [-0.1, -0.05) is 18.2 Å². The number of thiophene rings is 1. The molecule has 6 nitrogen and oxygen atoms in total. The first-order chi connectivity index (χ1) is 13.8. The fourth-order valence-electron chi connectivity index (χ4n) is 3.95.